The van der Waals surface area contributed by atoms with E-state index in [1.54, 1.807) is 5.82 Å². The lowest BCUT2D eigenvalue weighted by molar-refractivity contribution is 0.229. The molecule has 90 valence electrons. The van der Waals surface area contributed by atoms with Crippen molar-refractivity contribution in [1.29, 1.82) is 0 Å². The first-order valence-corrected chi connectivity index (χ1v) is 7.36. The van der Waals surface area contributed by atoms with Crippen LogP contribution < -0.4 is 0 Å². The molecule has 0 aliphatic carbocycles. The Balaban J connectivity index is 3.98. The highest BCUT2D eigenvalue weighted by Gasteiger charge is 2.18. The molecule has 0 aromatic rings. The maximum atomic E-state index is 11.9. The summed E-state index contributed by atoms with van der Waals surface area (Å²) in [4.78, 5) is 0. The number of unbranched alkanes of at least 4 members (excludes halogenated alkanes) is 3. The Morgan fingerprint density at radius 2 is 1.67 bits per heavy atom. The van der Waals surface area contributed by atoms with Gasteiger partial charge >= 0.3 is 7.60 Å². The second-order valence-corrected chi connectivity index (χ2v) is 5.15. The summed E-state index contributed by atoms with van der Waals surface area (Å²) in [5, 5.41) is 0. The SMILES string of the molecule is CCCCC/C=C/P(=O)(OCC)OCC. The van der Waals surface area contributed by atoms with Crippen LogP contribution >= 0.6 is 7.60 Å². The van der Waals surface area contributed by atoms with E-state index in [1.807, 2.05) is 19.9 Å². The zero-order valence-electron chi connectivity index (χ0n) is 10.1. The van der Waals surface area contributed by atoms with Crippen molar-refractivity contribution in [2.75, 3.05) is 13.2 Å². The van der Waals surface area contributed by atoms with Gasteiger partial charge in [0.25, 0.3) is 0 Å². The lowest BCUT2D eigenvalue weighted by Crippen LogP contribution is -1.92. The van der Waals surface area contributed by atoms with E-state index in [1.165, 1.54) is 12.8 Å². The predicted octanol–water partition coefficient (Wildman–Crippen LogP) is 4.35. The highest BCUT2D eigenvalue weighted by molar-refractivity contribution is 7.57. The van der Waals surface area contributed by atoms with Crippen molar-refractivity contribution in [1.82, 2.24) is 0 Å². The fourth-order valence-corrected chi connectivity index (χ4v) is 2.57. The molecule has 0 bridgehead atoms. The molecule has 0 saturated heterocycles. The lowest BCUT2D eigenvalue weighted by Gasteiger charge is -2.12. The van der Waals surface area contributed by atoms with Crippen LogP contribution in [0.15, 0.2) is 11.9 Å². The van der Waals surface area contributed by atoms with Gasteiger partial charge in [0.15, 0.2) is 0 Å². The van der Waals surface area contributed by atoms with Crippen LogP contribution in [0.4, 0.5) is 0 Å². The van der Waals surface area contributed by atoms with E-state index < -0.39 is 7.60 Å². The quantitative estimate of drug-likeness (QED) is 0.439. The molecule has 0 radical (unpaired) electrons. The van der Waals surface area contributed by atoms with Gasteiger partial charge in [-0.05, 0) is 26.7 Å². The molecule has 0 aliphatic rings. The molecule has 0 atom stereocenters. The van der Waals surface area contributed by atoms with Gasteiger partial charge in [0.1, 0.15) is 0 Å². The molecule has 0 fully saturated rings. The van der Waals surface area contributed by atoms with Gasteiger partial charge in [0.05, 0.1) is 13.2 Å². The molecule has 0 spiro atoms. The Morgan fingerprint density at radius 1 is 1.07 bits per heavy atom. The molecule has 0 amide bonds. The van der Waals surface area contributed by atoms with Crippen molar-refractivity contribution >= 4 is 7.60 Å². The molecule has 0 heterocycles. The minimum atomic E-state index is -2.95. The third kappa shape index (κ3) is 7.78. The van der Waals surface area contributed by atoms with Crippen LogP contribution in [0.25, 0.3) is 0 Å². The first-order chi connectivity index (χ1) is 7.18. The highest BCUT2D eigenvalue weighted by atomic mass is 31.2. The van der Waals surface area contributed by atoms with E-state index in [0.29, 0.717) is 13.2 Å². The van der Waals surface area contributed by atoms with Gasteiger partial charge in [-0.25, -0.2) is 0 Å². The van der Waals surface area contributed by atoms with Crippen LogP contribution in [-0.4, -0.2) is 13.2 Å². The van der Waals surface area contributed by atoms with Gasteiger partial charge in [-0.15, -0.1) is 0 Å². The maximum absolute atomic E-state index is 11.9. The molecule has 0 unspecified atom stereocenters. The van der Waals surface area contributed by atoms with Crippen LogP contribution in [0.2, 0.25) is 0 Å². The zero-order chi connectivity index (χ0) is 11.6. The van der Waals surface area contributed by atoms with Crippen molar-refractivity contribution in [2.45, 2.75) is 46.5 Å². The Morgan fingerprint density at radius 3 is 2.13 bits per heavy atom. The minimum Gasteiger partial charge on any atom is -0.306 e. The highest BCUT2D eigenvalue weighted by Crippen LogP contribution is 2.49. The van der Waals surface area contributed by atoms with E-state index in [0.717, 1.165) is 12.8 Å². The molecule has 3 nitrogen and oxygen atoms in total. The fourth-order valence-electron chi connectivity index (χ4n) is 1.20. The first-order valence-electron chi connectivity index (χ1n) is 5.75. The molecule has 0 saturated carbocycles. The standard InChI is InChI=1S/C11H23O3P/c1-4-7-8-9-10-11-15(12,13-5-2)14-6-3/h10-11H,4-9H2,1-3H3/b11-10+. The first kappa shape index (κ1) is 14.9. The van der Waals surface area contributed by atoms with Crippen molar-refractivity contribution in [3.63, 3.8) is 0 Å². The fraction of sp³-hybridized carbons (Fsp3) is 0.818. The second kappa shape index (κ2) is 9.14. The van der Waals surface area contributed by atoms with Crippen LogP contribution in [0.5, 0.6) is 0 Å². The van der Waals surface area contributed by atoms with Crippen LogP contribution in [-0.2, 0) is 13.6 Å². The minimum absolute atomic E-state index is 0.413. The summed E-state index contributed by atoms with van der Waals surface area (Å²) in [6.07, 6.45) is 6.38. The Kier molecular flexibility index (Phi) is 9.07. The summed E-state index contributed by atoms with van der Waals surface area (Å²) >= 11 is 0. The number of rotatable bonds is 9. The molecule has 15 heavy (non-hydrogen) atoms. The topological polar surface area (TPSA) is 35.5 Å². The molecule has 0 aliphatic heterocycles. The van der Waals surface area contributed by atoms with Crippen LogP contribution in [0, 0.1) is 0 Å². The molecule has 0 aromatic heterocycles. The average Bonchev–Trinajstić information content (AvgIpc) is 2.18. The third-order valence-corrected chi connectivity index (χ3v) is 3.69. The van der Waals surface area contributed by atoms with Crippen molar-refractivity contribution < 1.29 is 13.6 Å². The van der Waals surface area contributed by atoms with E-state index in [-0.39, 0.29) is 0 Å². The molecule has 4 heteroatoms. The van der Waals surface area contributed by atoms with E-state index >= 15 is 0 Å². The molecular weight excluding hydrogens is 211 g/mol. The molecule has 0 aromatic carbocycles. The lowest BCUT2D eigenvalue weighted by atomic mass is 10.2. The van der Waals surface area contributed by atoms with Crippen LogP contribution in [0.3, 0.4) is 0 Å². The molecule has 0 N–H and O–H groups in total. The van der Waals surface area contributed by atoms with Gasteiger partial charge in [-0.1, -0.05) is 25.8 Å². The molecular formula is C11H23O3P. The second-order valence-electron chi connectivity index (χ2n) is 3.26. The summed E-state index contributed by atoms with van der Waals surface area (Å²) < 4.78 is 22.2. The smallest absolute Gasteiger partial charge is 0.306 e. The average molecular weight is 234 g/mol. The number of hydrogen-bond donors (Lipinski definition) is 0. The van der Waals surface area contributed by atoms with Gasteiger partial charge in [0.2, 0.25) is 0 Å². The van der Waals surface area contributed by atoms with Crippen molar-refractivity contribution in [3.05, 3.63) is 11.9 Å². The predicted molar refractivity (Wildman–Crippen MR) is 64.1 cm³/mol. The largest absolute Gasteiger partial charge is 0.353 e. The summed E-state index contributed by atoms with van der Waals surface area (Å²) in [6, 6.07) is 0. The van der Waals surface area contributed by atoms with Gasteiger partial charge in [-0.2, -0.15) is 0 Å². The van der Waals surface area contributed by atoms with E-state index in [2.05, 4.69) is 6.92 Å². The van der Waals surface area contributed by atoms with Gasteiger partial charge < -0.3 is 9.05 Å². The Hall–Kier alpha value is -0.110. The zero-order valence-corrected chi connectivity index (χ0v) is 11.0. The maximum Gasteiger partial charge on any atom is 0.353 e. The Bertz CT molecular complexity index is 204. The summed E-state index contributed by atoms with van der Waals surface area (Å²) in [5.74, 6) is 1.59. The number of allylic oxidation sites excluding steroid dienone is 1. The van der Waals surface area contributed by atoms with Crippen molar-refractivity contribution in [2.24, 2.45) is 0 Å². The summed E-state index contributed by atoms with van der Waals surface area (Å²) in [6.45, 7) is 6.62. The summed E-state index contributed by atoms with van der Waals surface area (Å²) in [7, 11) is -2.95. The monoisotopic (exact) mass is 234 g/mol. The number of hydrogen-bond acceptors (Lipinski definition) is 3. The van der Waals surface area contributed by atoms with E-state index in [9.17, 15) is 4.57 Å². The normalized spacial score (nSPS) is 12.5. The Labute approximate surface area is 93.4 Å². The van der Waals surface area contributed by atoms with Gasteiger partial charge in [-0.3, -0.25) is 4.57 Å². The molecule has 0 rings (SSSR count). The van der Waals surface area contributed by atoms with E-state index in [4.69, 9.17) is 9.05 Å². The van der Waals surface area contributed by atoms with Gasteiger partial charge in [0, 0.05) is 5.82 Å². The third-order valence-electron chi connectivity index (χ3n) is 1.88. The summed E-state index contributed by atoms with van der Waals surface area (Å²) in [5.41, 5.74) is 0. The van der Waals surface area contributed by atoms with Crippen LogP contribution in [0.1, 0.15) is 46.5 Å². The van der Waals surface area contributed by atoms with Crippen molar-refractivity contribution in [3.8, 4) is 0 Å².